The maximum absolute atomic E-state index is 12.9. The summed E-state index contributed by atoms with van der Waals surface area (Å²) in [5.41, 5.74) is 0. The van der Waals surface area contributed by atoms with Crippen molar-refractivity contribution in [1.29, 1.82) is 0 Å². The first-order chi connectivity index (χ1) is 12.8. The number of piperidine rings is 1. The Morgan fingerprint density at radius 3 is 2.85 bits per heavy atom. The normalized spacial score (nSPS) is 23.4. The maximum atomic E-state index is 12.9. The van der Waals surface area contributed by atoms with Crippen molar-refractivity contribution < 1.29 is 24.1 Å². The molecule has 0 unspecified atom stereocenters. The number of ether oxygens (including phenoxy) is 3. The molecule has 1 aromatic rings. The third kappa shape index (κ3) is 5.30. The number of aliphatic hydroxyl groups is 1. The highest BCUT2D eigenvalue weighted by atomic mass is 32.1. The Balaban J connectivity index is 1.64. The van der Waals surface area contributed by atoms with Crippen molar-refractivity contribution in [2.75, 3.05) is 39.5 Å². The second-order valence-electron chi connectivity index (χ2n) is 6.50. The minimum Gasteiger partial charge on any atom is -0.459 e. The van der Waals surface area contributed by atoms with Crippen LogP contribution in [0.4, 0.5) is 0 Å². The third-order valence-corrected chi connectivity index (χ3v) is 5.59. The summed E-state index contributed by atoms with van der Waals surface area (Å²) < 4.78 is 16.9. The van der Waals surface area contributed by atoms with Crippen LogP contribution in [0.2, 0.25) is 0 Å². The van der Waals surface area contributed by atoms with Crippen molar-refractivity contribution in [2.45, 2.75) is 37.9 Å². The van der Waals surface area contributed by atoms with Crippen LogP contribution in [-0.2, 0) is 19.0 Å². The van der Waals surface area contributed by atoms with Gasteiger partial charge in [0.1, 0.15) is 0 Å². The van der Waals surface area contributed by atoms with Crippen molar-refractivity contribution in [3.05, 3.63) is 34.2 Å². The van der Waals surface area contributed by atoms with Gasteiger partial charge in [0.05, 0.1) is 26.4 Å². The molecule has 0 radical (unpaired) electrons. The van der Waals surface area contributed by atoms with Crippen LogP contribution in [0.25, 0.3) is 0 Å². The molecule has 26 heavy (non-hydrogen) atoms. The number of allylic oxidation sites excluding steroid dienone is 1. The molecule has 3 rings (SSSR count). The Morgan fingerprint density at radius 1 is 1.27 bits per heavy atom. The molecular formula is C19H27NO5S. The van der Waals surface area contributed by atoms with Gasteiger partial charge in [0.2, 0.25) is 6.29 Å². The lowest BCUT2D eigenvalue weighted by Gasteiger charge is -2.32. The summed E-state index contributed by atoms with van der Waals surface area (Å²) in [6, 6.07) is 4.11. The topological polar surface area (TPSA) is 68.2 Å². The van der Waals surface area contributed by atoms with Gasteiger partial charge >= 0.3 is 0 Å². The zero-order chi connectivity index (χ0) is 18.2. The van der Waals surface area contributed by atoms with Gasteiger partial charge in [0.15, 0.2) is 5.76 Å². The molecule has 0 spiro atoms. The van der Waals surface area contributed by atoms with Gasteiger partial charge < -0.3 is 24.2 Å². The molecule has 2 aliphatic rings. The van der Waals surface area contributed by atoms with Gasteiger partial charge in [-0.2, -0.15) is 0 Å². The van der Waals surface area contributed by atoms with E-state index in [0.29, 0.717) is 32.0 Å². The standard InChI is InChI=1S/C19H27NO5S/c21-8-9-23-10-11-24-18-14-15(17-5-4-12-26-17)13-16(25-18)19(22)20-6-2-1-3-7-20/h4-5,12-13,15,18,21H,1-3,6-11,14H2/t15-,18+/m1/s1. The SMILES string of the molecule is O=C(C1=C[C@@H](c2cccs2)C[C@@H](OCCOCCO)O1)N1CCCCC1. The summed E-state index contributed by atoms with van der Waals surface area (Å²) >= 11 is 1.68. The monoisotopic (exact) mass is 381 g/mol. The fourth-order valence-corrected chi connectivity index (χ4v) is 4.08. The molecule has 2 atom stereocenters. The van der Waals surface area contributed by atoms with Crippen LogP contribution >= 0.6 is 11.3 Å². The van der Waals surface area contributed by atoms with Crippen LogP contribution in [-0.4, -0.2) is 61.7 Å². The largest absolute Gasteiger partial charge is 0.459 e. The number of rotatable bonds is 8. The Labute approximate surface area is 158 Å². The quantitative estimate of drug-likeness (QED) is 0.701. The molecule has 0 saturated carbocycles. The van der Waals surface area contributed by atoms with Crippen molar-refractivity contribution in [2.24, 2.45) is 0 Å². The Morgan fingerprint density at radius 2 is 2.12 bits per heavy atom. The van der Waals surface area contributed by atoms with Gasteiger partial charge in [-0.15, -0.1) is 11.3 Å². The maximum Gasteiger partial charge on any atom is 0.288 e. The van der Waals surface area contributed by atoms with E-state index in [9.17, 15) is 4.79 Å². The molecule has 1 amide bonds. The van der Waals surface area contributed by atoms with E-state index in [1.54, 1.807) is 11.3 Å². The molecule has 3 heterocycles. The molecule has 7 heteroatoms. The number of aliphatic hydroxyl groups excluding tert-OH is 1. The van der Waals surface area contributed by atoms with Gasteiger partial charge in [-0.05, 0) is 36.8 Å². The lowest BCUT2D eigenvalue weighted by Crippen LogP contribution is -2.39. The molecule has 1 saturated heterocycles. The van der Waals surface area contributed by atoms with Crippen molar-refractivity contribution in [1.82, 2.24) is 4.90 Å². The minimum absolute atomic E-state index is 0.00238. The minimum atomic E-state index is -0.464. The average molecular weight is 381 g/mol. The van der Waals surface area contributed by atoms with Crippen LogP contribution in [0.1, 0.15) is 36.5 Å². The zero-order valence-electron chi connectivity index (χ0n) is 15.0. The first-order valence-electron chi connectivity index (χ1n) is 9.29. The lowest BCUT2D eigenvalue weighted by atomic mass is 9.99. The number of carbonyl (C=O) groups excluding carboxylic acids is 1. The molecule has 0 aliphatic carbocycles. The highest BCUT2D eigenvalue weighted by molar-refractivity contribution is 7.10. The van der Waals surface area contributed by atoms with Crippen LogP contribution < -0.4 is 0 Å². The van der Waals surface area contributed by atoms with E-state index in [4.69, 9.17) is 19.3 Å². The van der Waals surface area contributed by atoms with Gasteiger partial charge in [-0.1, -0.05) is 6.07 Å². The highest BCUT2D eigenvalue weighted by Crippen LogP contribution is 2.34. The lowest BCUT2D eigenvalue weighted by molar-refractivity contribution is -0.157. The van der Waals surface area contributed by atoms with E-state index < -0.39 is 6.29 Å². The molecule has 0 bridgehead atoms. The van der Waals surface area contributed by atoms with E-state index in [-0.39, 0.29) is 18.4 Å². The molecule has 2 aliphatic heterocycles. The Hall–Kier alpha value is -1.41. The summed E-state index contributed by atoms with van der Waals surface area (Å²) in [7, 11) is 0. The van der Waals surface area contributed by atoms with Gasteiger partial charge in [-0.3, -0.25) is 4.79 Å². The Kier molecular flexibility index (Phi) is 7.49. The summed E-state index contributed by atoms with van der Waals surface area (Å²) in [6.07, 6.45) is 5.45. The summed E-state index contributed by atoms with van der Waals surface area (Å²) in [5, 5.41) is 10.8. The molecule has 1 aromatic heterocycles. The number of thiophene rings is 1. The molecule has 6 nitrogen and oxygen atoms in total. The van der Waals surface area contributed by atoms with Gasteiger partial charge in [-0.25, -0.2) is 0 Å². The van der Waals surface area contributed by atoms with Gasteiger partial charge in [0, 0.05) is 30.3 Å². The second kappa shape index (κ2) is 10.1. The van der Waals surface area contributed by atoms with E-state index in [2.05, 4.69) is 6.07 Å². The van der Waals surface area contributed by atoms with Crippen molar-refractivity contribution in [3.8, 4) is 0 Å². The number of likely N-dealkylation sites (tertiary alicyclic amines) is 1. The van der Waals surface area contributed by atoms with Crippen LogP contribution in [0, 0.1) is 0 Å². The van der Waals surface area contributed by atoms with Crippen LogP contribution in [0.5, 0.6) is 0 Å². The van der Waals surface area contributed by atoms with E-state index in [1.807, 2.05) is 22.4 Å². The van der Waals surface area contributed by atoms with Crippen molar-refractivity contribution >= 4 is 17.2 Å². The number of carbonyl (C=O) groups is 1. The molecule has 144 valence electrons. The number of hydrogen-bond acceptors (Lipinski definition) is 6. The highest BCUT2D eigenvalue weighted by Gasteiger charge is 2.31. The zero-order valence-corrected chi connectivity index (χ0v) is 15.8. The van der Waals surface area contributed by atoms with Crippen molar-refractivity contribution in [3.63, 3.8) is 0 Å². The number of nitrogens with zero attached hydrogens (tertiary/aromatic N) is 1. The van der Waals surface area contributed by atoms with E-state index in [1.165, 1.54) is 11.3 Å². The Bertz CT molecular complexity index is 583. The molecular weight excluding hydrogens is 354 g/mol. The summed E-state index contributed by atoms with van der Waals surface area (Å²) in [6.45, 7) is 2.65. The smallest absolute Gasteiger partial charge is 0.288 e. The predicted molar refractivity (Wildman–Crippen MR) is 98.9 cm³/mol. The third-order valence-electron chi connectivity index (χ3n) is 4.59. The summed E-state index contributed by atoms with van der Waals surface area (Å²) in [4.78, 5) is 16.0. The predicted octanol–water partition coefficient (Wildman–Crippen LogP) is 2.50. The summed E-state index contributed by atoms with van der Waals surface area (Å²) in [5.74, 6) is 0.491. The van der Waals surface area contributed by atoms with Crippen LogP contribution in [0.3, 0.4) is 0 Å². The van der Waals surface area contributed by atoms with Crippen LogP contribution in [0.15, 0.2) is 29.3 Å². The second-order valence-corrected chi connectivity index (χ2v) is 7.47. The number of amides is 1. The van der Waals surface area contributed by atoms with E-state index >= 15 is 0 Å². The van der Waals surface area contributed by atoms with Gasteiger partial charge in [0.25, 0.3) is 5.91 Å². The molecule has 0 aromatic carbocycles. The fraction of sp³-hybridized carbons (Fsp3) is 0.632. The first-order valence-corrected chi connectivity index (χ1v) is 10.2. The first kappa shape index (κ1) is 19.4. The average Bonchev–Trinajstić information content (AvgIpc) is 3.23. The fourth-order valence-electron chi connectivity index (χ4n) is 3.27. The van der Waals surface area contributed by atoms with E-state index in [0.717, 1.165) is 25.9 Å². The molecule has 1 N–H and O–H groups in total. The molecule has 1 fully saturated rings. The number of hydrogen-bond donors (Lipinski definition) is 1.